The van der Waals surface area contributed by atoms with Gasteiger partial charge in [-0.2, -0.15) is 0 Å². The fourth-order valence-corrected chi connectivity index (χ4v) is 3.52. The van der Waals surface area contributed by atoms with E-state index >= 15 is 0 Å². The Kier molecular flexibility index (Phi) is 7.55. The number of nitrogens with one attached hydrogen (secondary N) is 1. The molecule has 0 radical (unpaired) electrons. The van der Waals surface area contributed by atoms with Crippen molar-refractivity contribution in [3.05, 3.63) is 22.7 Å². The van der Waals surface area contributed by atoms with Crippen LogP contribution in [-0.4, -0.2) is 15.0 Å². The van der Waals surface area contributed by atoms with Crippen molar-refractivity contribution in [2.45, 2.75) is 50.3 Å². The second-order valence-corrected chi connectivity index (χ2v) is 7.50. The van der Waals surface area contributed by atoms with Crippen molar-refractivity contribution in [1.82, 2.24) is 4.72 Å². The van der Waals surface area contributed by atoms with E-state index in [0.29, 0.717) is 6.54 Å². The molecule has 0 aliphatic rings. The normalized spacial score (nSPS) is 11.7. The maximum Gasteiger partial charge on any atom is 0.242 e. The Morgan fingerprint density at radius 3 is 2.45 bits per heavy atom. The number of rotatable bonds is 9. The SMILES string of the molecule is CCCCCCCCNS(=O)(=O)c1ccc(Br)cc1N. The van der Waals surface area contributed by atoms with Crippen molar-refractivity contribution < 1.29 is 8.42 Å². The number of unbranched alkanes of at least 4 members (excludes halogenated alkanes) is 5. The minimum absolute atomic E-state index is 0.145. The number of anilines is 1. The van der Waals surface area contributed by atoms with E-state index in [2.05, 4.69) is 27.6 Å². The van der Waals surface area contributed by atoms with Crippen LogP contribution < -0.4 is 10.5 Å². The number of benzene rings is 1. The number of hydrogen-bond acceptors (Lipinski definition) is 3. The summed E-state index contributed by atoms with van der Waals surface area (Å²) in [7, 11) is -3.50. The Morgan fingerprint density at radius 2 is 1.80 bits per heavy atom. The summed E-state index contributed by atoms with van der Waals surface area (Å²) in [6.07, 6.45) is 6.77. The first-order valence-electron chi connectivity index (χ1n) is 7.02. The van der Waals surface area contributed by atoms with Gasteiger partial charge in [-0.25, -0.2) is 13.1 Å². The van der Waals surface area contributed by atoms with Crippen molar-refractivity contribution in [3.63, 3.8) is 0 Å². The lowest BCUT2D eigenvalue weighted by Gasteiger charge is -2.09. The molecule has 0 amide bonds. The van der Waals surface area contributed by atoms with Crippen molar-refractivity contribution in [3.8, 4) is 0 Å². The average molecular weight is 363 g/mol. The van der Waals surface area contributed by atoms with Crippen molar-refractivity contribution in [1.29, 1.82) is 0 Å². The van der Waals surface area contributed by atoms with Gasteiger partial charge < -0.3 is 5.73 Å². The van der Waals surface area contributed by atoms with Gasteiger partial charge in [0.25, 0.3) is 0 Å². The van der Waals surface area contributed by atoms with E-state index in [1.165, 1.54) is 25.3 Å². The van der Waals surface area contributed by atoms with Gasteiger partial charge in [0.15, 0.2) is 0 Å². The molecule has 0 saturated heterocycles. The molecule has 1 aromatic carbocycles. The zero-order chi connectivity index (χ0) is 15.0. The summed E-state index contributed by atoms with van der Waals surface area (Å²) in [5, 5.41) is 0. The standard InChI is InChI=1S/C14H23BrN2O2S/c1-2-3-4-5-6-7-10-17-20(18,19)14-9-8-12(15)11-13(14)16/h8-9,11,17H,2-7,10,16H2,1H3. The molecule has 0 heterocycles. The van der Waals surface area contributed by atoms with Crippen LogP contribution in [0.1, 0.15) is 45.4 Å². The van der Waals surface area contributed by atoms with Crippen LogP contribution in [0, 0.1) is 0 Å². The fraction of sp³-hybridized carbons (Fsp3) is 0.571. The van der Waals surface area contributed by atoms with Gasteiger partial charge in [0.1, 0.15) is 4.90 Å². The first kappa shape index (κ1) is 17.5. The second kappa shape index (κ2) is 8.64. The van der Waals surface area contributed by atoms with E-state index in [4.69, 9.17) is 5.73 Å². The minimum Gasteiger partial charge on any atom is -0.398 e. The molecule has 0 fully saturated rings. The highest BCUT2D eigenvalue weighted by atomic mass is 79.9. The van der Waals surface area contributed by atoms with Crippen LogP contribution in [0.15, 0.2) is 27.6 Å². The third-order valence-corrected chi connectivity index (χ3v) is 5.11. The van der Waals surface area contributed by atoms with E-state index in [-0.39, 0.29) is 10.6 Å². The van der Waals surface area contributed by atoms with Crippen LogP contribution in [0.25, 0.3) is 0 Å². The summed E-state index contributed by atoms with van der Waals surface area (Å²) in [6, 6.07) is 4.79. The van der Waals surface area contributed by atoms with Crippen LogP contribution in [0.2, 0.25) is 0 Å². The van der Waals surface area contributed by atoms with Gasteiger partial charge in [-0.3, -0.25) is 0 Å². The highest BCUT2D eigenvalue weighted by Crippen LogP contribution is 2.22. The van der Waals surface area contributed by atoms with Gasteiger partial charge in [0.05, 0.1) is 5.69 Å². The van der Waals surface area contributed by atoms with E-state index in [1.807, 2.05) is 0 Å². The first-order valence-corrected chi connectivity index (χ1v) is 9.29. The summed E-state index contributed by atoms with van der Waals surface area (Å²) in [5.74, 6) is 0. The highest BCUT2D eigenvalue weighted by Gasteiger charge is 2.16. The molecule has 114 valence electrons. The number of hydrogen-bond donors (Lipinski definition) is 2. The lowest BCUT2D eigenvalue weighted by Crippen LogP contribution is -2.25. The summed E-state index contributed by atoms with van der Waals surface area (Å²) >= 11 is 3.26. The van der Waals surface area contributed by atoms with Crippen LogP contribution in [0.4, 0.5) is 5.69 Å². The Balaban J connectivity index is 2.42. The molecule has 0 aliphatic carbocycles. The summed E-state index contributed by atoms with van der Waals surface area (Å²) in [5.41, 5.74) is 6.00. The largest absolute Gasteiger partial charge is 0.398 e. The van der Waals surface area contributed by atoms with Gasteiger partial charge in [-0.05, 0) is 24.6 Å². The zero-order valence-electron chi connectivity index (χ0n) is 11.9. The number of sulfonamides is 1. The summed E-state index contributed by atoms with van der Waals surface area (Å²) in [6.45, 7) is 2.64. The Bertz CT molecular complexity index is 518. The smallest absolute Gasteiger partial charge is 0.242 e. The number of halogens is 1. The fourth-order valence-electron chi connectivity index (χ4n) is 1.95. The topological polar surface area (TPSA) is 72.2 Å². The molecule has 0 aromatic heterocycles. The van der Waals surface area contributed by atoms with E-state index in [1.54, 1.807) is 12.1 Å². The maximum absolute atomic E-state index is 12.1. The first-order chi connectivity index (χ1) is 9.47. The van der Waals surface area contributed by atoms with Gasteiger partial charge in [0.2, 0.25) is 10.0 Å². The average Bonchev–Trinajstić information content (AvgIpc) is 2.37. The number of nitrogen functional groups attached to an aromatic ring is 1. The van der Waals surface area contributed by atoms with Gasteiger partial charge in [-0.1, -0.05) is 55.0 Å². The molecule has 0 aliphatic heterocycles. The predicted molar refractivity (Wildman–Crippen MR) is 87.1 cm³/mol. The van der Waals surface area contributed by atoms with Crippen molar-refractivity contribution in [2.24, 2.45) is 0 Å². The van der Waals surface area contributed by atoms with Crippen LogP contribution in [0.3, 0.4) is 0 Å². The quantitative estimate of drug-likeness (QED) is 0.519. The van der Waals surface area contributed by atoms with E-state index < -0.39 is 10.0 Å². The van der Waals surface area contributed by atoms with Crippen molar-refractivity contribution >= 4 is 31.6 Å². The monoisotopic (exact) mass is 362 g/mol. The van der Waals surface area contributed by atoms with Gasteiger partial charge >= 0.3 is 0 Å². The van der Waals surface area contributed by atoms with Gasteiger partial charge in [-0.15, -0.1) is 0 Å². The molecule has 0 unspecified atom stereocenters. The molecule has 0 atom stereocenters. The Labute approximate surface area is 130 Å². The summed E-state index contributed by atoms with van der Waals surface area (Å²) in [4.78, 5) is 0.145. The Hall–Kier alpha value is -0.590. The van der Waals surface area contributed by atoms with E-state index in [9.17, 15) is 8.42 Å². The highest BCUT2D eigenvalue weighted by molar-refractivity contribution is 9.10. The van der Waals surface area contributed by atoms with Gasteiger partial charge in [0, 0.05) is 11.0 Å². The maximum atomic E-state index is 12.1. The molecule has 1 rings (SSSR count). The minimum atomic E-state index is -3.50. The lowest BCUT2D eigenvalue weighted by atomic mass is 10.1. The van der Waals surface area contributed by atoms with Crippen LogP contribution in [-0.2, 0) is 10.0 Å². The molecule has 3 N–H and O–H groups in total. The molecular weight excluding hydrogens is 340 g/mol. The second-order valence-electron chi connectivity index (χ2n) is 4.85. The zero-order valence-corrected chi connectivity index (χ0v) is 14.3. The predicted octanol–water partition coefficient (Wildman–Crippen LogP) is 3.67. The molecular formula is C14H23BrN2O2S. The molecule has 0 saturated carbocycles. The third kappa shape index (κ3) is 5.81. The van der Waals surface area contributed by atoms with Crippen LogP contribution >= 0.6 is 15.9 Å². The molecule has 0 bridgehead atoms. The van der Waals surface area contributed by atoms with Crippen molar-refractivity contribution in [2.75, 3.05) is 12.3 Å². The molecule has 20 heavy (non-hydrogen) atoms. The van der Waals surface area contributed by atoms with Crippen LogP contribution in [0.5, 0.6) is 0 Å². The van der Waals surface area contributed by atoms with E-state index in [0.717, 1.165) is 23.7 Å². The number of nitrogens with two attached hydrogens (primary N) is 1. The lowest BCUT2D eigenvalue weighted by molar-refractivity contribution is 0.568. The molecule has 0 spiro atoms. The Morgan fingerprint density at radius 1 is 1.15 bits per heavy atom. The molecule has 1 aromatic rings. The summed E-state index contributed by atoms with van der Waals surface area (Å²) < 4.78 is 27.6. The molecule has 6 heteroatoms. The molecule has 4 nitrogen and oxygen atoms in total. The third-order valence-electron chi connectivity index (χ3n) is 3.08.